The lowest BCUT2D eigenvalue weighted by Crippen LogP contribution is -2.01. The lowest BCUT2D eigenvalue weighted by Gasteiger charge is -2.07. The van der Waals surface area contributed by atoms with E-state index < -0.39 is 0 Å². The van der Waals surface area contributed by atoms with Crippen LogP contribution in [-0.2, 0) is 0 Å². The van der Waals surface area contributed by atoms with Crippen molar-refractivity contribution in [1.29, 1.82) is 0 Å². The molecule has 0 atom stereocenters. The molecule has 0 bridgehead atoms. The van der Waals surface area contributed by atoms with E-state index in [1.165, 1.54) is 12.7 Å². The van der Waals surface area contributed by atoms with Gasteiger partial charge in [0.25, 0.3) is 0 Å². The van der Waals surface area contributed by atoms with E-state index >= 15 is 0 Å². The Hall–Kier alpha value is -4.58. The Bertz CT molecular complexity index is 1630. The molecule has 4 heterocycles. The maximum atomic E-state index is 5.24. The minimum absolute atomic E-state index is 0.583. The Morgan fingerprint density at radius 2 is 1.22 bits per heavy atom. The van der Waals surface area contributed by atoms with E-state index in [2.05, 4.69) is 90.8 Å². The molecule has 0 aliphatic heterocycles. The van der Waals surface area contributed by atoms with Gasteiger partial charge >= 0.3 is 0 Å². The van der Waals surface area contributed by atoms with Crippen molar-refractivity contribution in [2.24, 2.45) is 0 Å². The van der Waals surface area contributed by atoms with Crippen LogP contribution in [0.25, 0.3) is 55.5 Å². The van der Waals surface area contributed by atoms with Gasteiger partial charge in [0.1, 0.15) is 18.3 Å². The zero-order valence-electron chi connectivity index (χ0n) is 16.9. The number of pyridine rings is 1. The maximum absolute atomic E-state index is 5.24. The SMILES string of the molecule is c1ccc(-n2c3ccccc3c3cc4c(nc32)c2ccccc2n4-c2ncncn2)cc1. The quantitative estimate of drug-likeness (QED) is 0.378. The molecule has 0 unspecified atom stereocenters. The van der Waals surface area contributed by atoms with Gasteiger partial charge in [0.2, 0.25) is 5.95 Å². The molecule has 0 N–H and O–H groups in total. The van der Waals surface area contributed by atoms with Gasteiger partial charge in [-0.2, -0.15) is 0 Å². The summed E-state index contributed by atoms with van der Waals surface area (Å²) in [4.78, 5) is 18.1. The second-order valence-electron chi connectivity index (χ2n) is 7.71. The predicted octanol–water partition coefficient (Wildman–Crippen LogP) is 5.46. The van der Waals surface area contributed by atoms with Gasteiger partial charge in [-0.3, -0.25) is 9.13 Å². The average molecular weight is 412 g/mol. The summed E-state index contributed by atoms with van der Waals surface area (Å²) in [6.07, 6.45) is 3.05. The summed E-state index contributed by atoms with van der Waals surface area (Å²) < 4.78 is 4.30. The van der Waals surface area contributed by atoms with Crippen LogP contribution in [0.2, 0.25) is 0 Å². The Morgan fingerprint density at radius 1 is 0.562 bits per heavy atom. The van der Waals surface area contributed by atoms with Crippen LogP contribution in [0, 0.1) is 0 Å². The predicted molar refractivity (Wildman–Crippen MR) is 126 cm³/mol. The van der Waals surface area contributed by atoms with E-state index in [0.717, 1.165) is 49.6 Å². The summed E-state index contributed by atoms with van der Waals surface area (Å²) in [5, 5.41) is 3.32. The van der Waals surface area contributed by atoms with Crippen molar-refractivity contribution in [3.63, 3.8) is 0 Å². The van der Waals surface area contributed by atoms with Gasteiger partial charge in [0.05, 0.1) is 22.1 Å². The third kappa shape index (κ3) is 2.29. The van der Waals surface area contributed by atoms with Crippen LogP contribution in [0.1, 0.15) is 0 Å². The molecule has 0 radical (unpaired) electrons. The van der Waals surface area contributed by atoms with Crippen LogP contribution in [0.4, 0.5) is 0 Å². The minimum atomic E-state index is 0.583. The maximum Gasteiger partial charge on any atom is 0.237 e. The molecule has 0 amide bonds. The van der Waals surface area contributed by atoms with Crippen LogP contribution in [0.15, 0.2) is 97.6 Å². The zero-order chi connectivity index (χ0) is 21.1. The lowest BCUT2D eigenvalue weighted by molar-refractivity contribution is 0.939. The molecule has 4 aromatic heterocycles. The highest BCUT2D eigenvalue weighted by atomic mass is 15.2. The molecule has 7 rings (SSSR count). The second-order valence-corrected chi connectivity index (χ2v) is 7.71. The normalized spacial score (nSPS) is 11.8. The fourth-order valence-electron chi connectivity index (χ4n) is 4.64. The van der Waals surface area contributed by atoms with Crippen molar-refractivity contribution in [2.75, 3.05) is 0 Å². The van der Waals surface area contributed by atoms with Gasteiger partial charge < -0.3 is 0 Å². The number of aromatic nitrogens is 6. The van der Waals surface area contributed by atoms with Crippen molar-refractivity contribution in [3.8, 4) is 11.6 Å². The highest BCUT2D eigenvalue weighted by molar-refractivity contribution is 6.15. The summed E-state index contributed by atoms with van der Waals surface area (Å²) >= 11 is 0. The van der Waals surface area contributed by atoms with E-state index in [9.17, 15) is 0 Å². The van der Waals surface area contributed by atoms with Crippen molar-refractivity contribution >= 4 is 43.9 Å². The number of hydrogen-bond acceptors (Lipinski definition) is 4. The van der Waals surface area contributed by atoms with E-state index in [1.54, 1.807) is 0 Å². The number of hydrogen-bond donors (Lipinski definition) is 0. The fraction of sp³-hybridized carbons (Fsp3) is 0. The molecule has 7 aromatic rings. The molecule has 6 heteroatoms. The highest BCUT2D eigenvalue weighted by Crippen LogP contribution is 2.36. The van der Waals surface area contributed by atoms with Crippen LogP contribution in [0.3, 0.4) is 0 Å². The smallest absolute Gasteiger partial charge is 0.237 e. The first-order valence-electron chi connectivity index (χ1n) is 10.4. The largest absolute Gasteiger partial charge is 0.294 e. The van der Waals surface area contributed by atoms with E-state index in [0.29, 0.717) is 5.95 Å². The van der Waals surface area contributed by atoms with Crippen LogP contribution < -0.4 is 0 Å². The number of para-hydroxylation sites is 3. The molecule has 0 aliphatic rings. The van der Waals surface area contributed by atoms with Crippen LogP contribution in [-0.4, -0.2) is 29.1 Å². The molecule has 0 fully saturated rings. The van der Waals surface area contributed by atoms with Crippen molar-refractivity contribution < 1.29 is 0 Å². The highest BCUT2D eigenvalue weighted by Gasteiger charge is 2.19. The molecular weight excluding hydrogens is 396 g/mol. The number of nitrogens with zero attached hydrogens (tertiary/aromatic N) is 6. The van der Waals surface area contributed by atoms with Crippen molar-refractivity contribution in [3.05, 3.63) is 97.6 Å². The zero-order valence-corrected chi connectivity index (χ0v) is 16.9. The van der Waals surface area contributed by atoms with Crippen LogP contribution in [0.5, 0.6) is 0 Å². The molecule has 0 saturated heterocycles. The number of benzene rings is 3. The van der Waals surface area contributed by atoms with Gasteiger partial charge in [0, 0.05) is 21.8 Å². The third-order valence-corrected chi connectivity index (χ3v) is 5.96. The van der Waals surface area contributed by atoms with Gasteiger partial charge in [-0.15, -0.1) is 0 Å². The van der Waals surface area contributed by atoms with Gasteiger partial charge in [0.15, 0.2) is 0 Å². The summed E-state index contributed by atoms with van der Waals surface area (Å²) in [5.74, 6) is 0.583. The molecule has 0 spiro atoms. The van der Waals surface area contributed by atoms with Gasteiger partial charge in [-0.05, 0) is 30.3 Å². The number of rotatable bonds is 2. The fourth-order valence-corrected chi connectivity index (χ4v) is 4.64. The Kier molecular flexibility index (Phi) is 3.46. The van der Waals surface area contributed by atoms with E-state index in [1.807, 2.05) is 18.2 Å². The molecule has 0 aliphatic carbocycles. The molecular formula is C26H16N6. The monoisotopic (exact) mass is 412 g/mol. The van der Waals surface area contributed by atoms with Crippen LogP contribution >= 0.6 is 0 Å². The Morgan fingerprint density at radius 3 is 2.00 bits per heavy atom. The molecule has 6 nitrogen and oxygen atoms in total. The summed E-state index contributed by atoms with van der Waals surface area (Å²) in [6.45, 7) is 0. The standard InChI is InChI=1S/C26H16N6/c1-2-8-17(9-3-1)31-21-12-6-4-10-18(21)20-14-23-24(30-25(20)31)19-11-5-7-13-22(19)32(23)26-28-15-27-16-29-26/h1-16H. The first kappa shape index (κ1) is 17.1. The van der Waals surface area contributed by atoms with Crippen molar-refractivity contribution in [2.45, 2.75) is 0 Å². The lowest BCUT2D eigenvalue weighted by atomic mass is 10.2. The average Bonchev–Trinajstić information content (AvgIpc) is 3.36. The van der Waals surface area contributed by atoms with Gasteiger partial charge in [-0.1, -0.05) is 54.6 Å². The molecule has 32 heavy (non-hydrogen) atoms. The van der Waals surface area contributed by atoms with Crippen molar-refractivity contribution in [1.82, 2.24) is 29.1 Å². The minimum Gasteiger partial charge on any atom is -0.294 e. The first-order valence-corrected chi connectivity index (χ1v) is 10.4. The van der Waals surface area contributed by atoms with Gasteiger partial charge in [-0.25, -0.2) is 19.9 Å². The number of fused-ring (bicyclic) bond motifs is 6. The topological polar surface area (TPSA) is 61.4 Å². The van der Waals surface area contributed by atoms with E-state index in [4.69, 9.17) is 4.98 Å². The summed E-state index contributed by atoms with van der Waals surface area (Å²) in [7, 11) is 0. The Labute approximate surface area is 182 Å². The summed E-state index contributed by atoms with van der Waals surface area (Å²) in [6, 6.07) is 29.3. The van der Waals surface area contributed by atoms with E-state index in [-0.39, 0.29) is 0 Å². The molecule has 3 aromatic carbocycles. The summed E-state index contributed by atoms with van der Waals surface area (Å²) in [5.41, 5.74) is 6.07. The Balaban J connectivity index is 1.71. The first-order chi connectivity index (χ1) is 15.9. The molecule has 0 saturated carbocycles. The second kappa shape index (κ2) is 6.46. The molecule has 150 valence electrons. The third-order valence-electron chi connectivity index (χ3n) is 5.96.